The zero-order valence-electron chi connectivity index (χ0n) is 9.80. The molecule has 0 aliphatic carbocycles. The molecular weight excluding hydrogens is 240 g/mol. The summed E-state index contributed by atoms with van der Waals surface area (Å²) in [5.74, 6) is 0.473. The Balaban J connectivity index is 2.00. The molecule has 6 heteroatoms. The number of benzene rings is 1. The fourth-order valence-corrected chi connectivity index (χ4v) is 1.64. The summed E-state index contributed by atoms with van der Waals surface area (Å²) in [5, 5.41) is 21.1. The topological polar surface area (TPSA) is 80.3 Å². The van der Waals surface area contributed by atoms with Crippen LogP contribution in [-0.4, -0.2) is 25.2 Å². The van der Waals surface area contributed by atoms with Crippen LogP contribution in [0.25, 0.3) is 17.1 Å². The fourth-order valence-electron chi connectivity index (χ4n) is 1.64. The first-order chi connectivity index (χ1) is 9.36. The van der Waals surface area contributed by atoms with E-state index in [0.29, 0.717) is 11.4 Å². The third-order valence-corrected chi connectivity index (χ3v) is 2.54. The second-order valence-electron chi connectivity index (χ2n) is 3.81. The predicted octanol–water partition coefficient (Wildman–Crippen LogP) is 1.60. The summed E-state index contributed by atoms with van der Waals surface area (Å²) in [5.41, 5.74) is 2.06. The van der Waals surface area contributed by atoms with Crippen molar-refractivity contribution in [1.82, 2.24) is 25.2 Å². The van der Waals surface area contributed by atoms with Crippen LogP contribution in [0.5, 0.6) is 0 Å². The molecule has 6 nitrogen and oxygen atoms in total. The van der Waals surface area contributed by atoms with Crippen molar-refractivity contribution in [2.45, 2.75) is 0 Å². The number of pyridine rings is 1. The van der Waals surface area contributed by atoms with E-state index in [4.69, 9.17) is 5.26 Å². The molecule has 1 aromatic carbocycles. The Labute approximate surface area is 109 Å². The molecule has 0 saturated heterocycles. The van der Waals surface area contributed by atoms with E-state index in [2.05, 4.69) is 26.5 Å². The van der Waals surface area contributed by atoms with Crippen molar-refractivity contribution in [3.63, 3.8) is 0 Å². The molecule has 19 heavy (non-hydrogen) atoms. The van der Waals surface area contributed by atoms with Gasteiger partial charge in [0.15, 0.2) is 0 Å². The van der Waals surface area contributed by atoms with E-state index in [1.807, 2.05) is 12.1 Å². The third-order valence-electron chi connectivity index (χ3n) is 2.54. The molecule has 0 N–H and O–H groups in total. The maximum absolute atomic E-state index is 8.87. The average Bonchev–Trinajstić information content (AvgIpc) is 2.98. The van der Waals surface area contributed by atoms with Gasteiger partial charge in [-0.25, -0.2) is 0 Å². The molecule has 2 aromatic heterocycles. The molecule has 0 amide bonds. The van der Waals surface area contributed by atoms with Crippen LogP contribution in [0.4, 0.5) is 0 Å². The highest BCUT2D eigenvalue weighted by molar-refractivity contribution is 5.57. The van der Waals surface area contributed by atoms with Gasteiger partial charge in [0.05, 0.1) is 17.8 Å². The molecule has 0 unspecified atom stereocenters. The number of hydrogen-bond donors (Lipinski definition) is 0. The summed E-state index contributed by atoms with van der Waals surface area (Å²) in [6.45, 7) is 0. The van der Waals surface area contributed by atoms with Crippen LogP contribution in [0.1, 0.15) is 5.56 Å². The molecule has 0 radical (unpaired) electrons. The van der Waals surface area contributed by atoms with Gasteiger partial charge >= 0.3 is 0 Å². The lowest BCUT2D eigenvalue weighted by Gasteiger charge is -1.96. The van der Waals surface area contributed by atoms with Gasteiger partial charge in [0.25, 0.3) is 0 Å². The zero-order valence-corrected chi connectivity index (χ0v) is 9.80. The minimum absolute atomic E-state index is 0.473. The lowest BCUT2D eigenvalue weighted by atomic mass is 10.1. The highest BCUT2D eigenvalue weighted by atomic mass is 15.6. The minimum atomic E-state index is 0.473. The molecule has 0 saturated carbocycles. The van der Waals surface area contributed by atoms with Crippen molar-refractivity contribution in [2.24, 2.45) is 0 Å². The van der Waals surface area contributed by atoms with E-state index in [1.54, 1.807) is 36.7 Å². The molecule has 0 spiro atoms. The lowest BCUT2D eigenvalue weighted by Crippen LogP contribution is -1.98. The summed E-state index contributed by atoms with van der Waals surface area (Å²) in [6, 6.07) is 12.8. The predicted molar refractivity (Wildman–Crippen MR) is 67.1 cm³/mol. The van der Waals surface area contributed by atoms with Crippen LogP contribution in [0, 0.1) is 11.3 Å². The van der Waals surface area contributed by atoms with E-state index in [9.17, 15) is 0 Å². The van der Waals surface area contributed by atoms with Crippen LogP contribution in [0.3, 0.4) is 0 Å². The minimum Gasteiger partial charge on any atom is -0.262 e. The molecule has 3 aromatic rings. The first-order valence-electron chi connectivity index (χ1n) is 5.58. The standard InChI is InChI=1S/C13H8N6/c14-8-10-3-1-4-11(7-10)13-16-18-19(17-13)12-5-2-6-15-9-12/h1-7,9H. The first-order valence-corrected chi connectivity index (χ1v) is 5.58. The highest BCUT2D eigenvalue weighted by Gasteiger charge is 2.07. The van der Waals surface area contributed by atoms with E-state index in [1.165, 1.54) is 4.80 Å². The molecule has 3 rings (SSSR count). The van der Waals surface area contributed by atoms with E-state index in [-0.39, 0.29) is 0 Å². The maximum Gasteiger partial charge on any atom is 0.205 e. The van der Waals surface area contributed by atoms with Gasteiger partial charge in [-0.2, -0.15) is 5.26 Å². The van der Waals surface area contributed by atoms with Gasteiger partial charge in [-0.3, -0.25) is 4.98 Å². The van der Waals surface area contributed by atoms with E-state index in [0.717, 1.165) is 11.3 Å². The van der Waals surface area contributed by atoms with Gasteiger partial charge in [-0.1, -0.05) is 12.1 Å². The SMILES string of the molecule is N#Cc1cccc(-c2nnn(-c3cccnc3)n2)c1. The Bertz CT molecular complexity index is 741. The summed E-state index contributed by atoms with van der Waals surface area (Å²) >= 11 is 0. The number of nitrogens with zero attached hydrogens (tertiary/aromatic N) is 6. The smallest absolute Gasteiger partial charge is 0.205 e. The van der Waals surface area contributed by atoms with Gasteiger partial charge in [0, 0.05) is 11.8 Å². The van der Waals surface area contributed by atoms with Crippen LogP contribution in [0.15, 0.2) is 48.8 Å². The third kappa shape index (κ3) is 2.17. The number of aromatic nitrogens is 5. The largest absolute Gasteiger partial charge is 0.262 e. The molecular formula is C13H8N6. The molecule has 0 aliphatic heterocycles. The summed E-state index contributed by atoms with van der Waals surface area (Å²) in [7, 11) is 0. The molecule has 2 heterocycles. The summed E-state index contributed by atoms with van der Waals surface area (Å²) in [6.07, 6.45) is 3.33. The second kappa shape index (κ2) is 4.66. The Morgan fingerprint density at radius 2 is 2.11 bits per heavy atom. The molecule has 0 fully saturated rings. The van der Waals surface area contributed by atoms with Crippen molar-refractivity contribution < 1.29 is 0 Å². The van der Waals surface area contributed by atoms with Crippen molar-refractivity contribution in [3.05, 3.63) is 54.4 Å². The molecule has 0 aliphatic rings. The number of nitriles is 1. The van der Waals surface area contributed by atoms with Crippen molar-refractivity contribution in [2.75, 3.05) is 0 Å². The van der Waals surface area contributed by atoms with Crippen LogP contribution < -0.4 is 0 Å². The monoisotopic (exact) mass is 248 g/mol. The van der Waals surface area contributed by atoms with Gasteiger partial charge in [-0.05, 0) is 29.5 Å². The van der Waals surface area contributed by atoms with Crippen LogP contribution in [-0.2, 0) is 0 Å². The van der Waals surface area contributed by atoms with Crippen LogP contribution in [0.2, 0.25) is 0 Å². The number of rotatable bonds is 2. The normalized spacial score (nSPS) is 10.1. The Kier molecular flexibility index (Phi) is 2.71. The first kappa shape index (κ1) is 11.0. The molecule has 0 atom stereocenters. The van der Waals surface area contributed by atoms with E-state index >= 15 is 0 Å². The van der Waals surface area contributed by atoms with Gasteiger partial charge in [0.1, 0.15) is 5.69 Å². The van der Waals surface area contributed by atoms with Crippen LogP contribution >= 0.6 is 0 Å². The molecule has 0 bridgehead atoms. The Morgan fingerprint density at radius 3 is 2.89 bits per heavy atom. The summed E-state index contributed by atoms with van der Waals surface area (Å²) in [4.78, 5) is 5.40. The van der Waals surface area contributed by atoms with Crippen molar-refractivity contribution in [1.29, 1.82) is 5.26 Å². The van der Waals surface area contributed by atoms with Gasteiger partial charge in [0.2, 0.25) is 5.82 Å². The Morgan fingerprint density at radius 1 is 1.16 bits per heavy atom. The molecule has 90 valence electrons. The van der Waals surface area contributed by atoms with Crippen molar-refractivity contribution >= 4 is 0 Å². The Hall–Kier alpha value is -3.07. The average molecular weight is 248 g/mol. The summed E-state index contributed by atoms with van der Waals surface area (Å²) < 4.78 is 0. The maximum atomic E-state index is 8.87. The van der Waals surface area contributed by atoms with Gasteiger partial charge in [-0.15, -0.1) is 15.0 Å². The lowest BCUT2D eigenvalue weighted by molar-refractivity contribution is 0.717. The highest BCUT2D eigenvalue weighted by Crippen LogP contribution is 2.15. The zero-order chi connectivity index (χ0) is 13.1. The second-order valence-corrected chi connectivity index (χ2v) is 3.81. The fraction of sp³-hybridized carbons (Fsp3) is 0. The quantitative estimate of drug-likeness (QED) is 0.688. The van der Waals surface area contributed by atoms with Gasteiger partial charge < -0.3 is 0 Å². The number of hydrogen-bond acceptors (Lipinski definition) is 5. The van der Waals surface area contributed by atoms with E-state index < -0.39 is 0 Å². The number of tetrazole rings is 1. The van der Waals surface area contributed by atoms with Crippen molar-refractivity contribution in [3.8, 4) is 23.1 Å².